The highest BCUT2D eigenvalue weighted by molar-refractivity contribution is 7.80. The van der Waals surface area contributed by atoms with Gasteiger partial charge in [0.25, 0.3) is 0 Å². The van der Waals surface area contributed by atoms with Crippen molar-refractivity contribution in [1.29, 1.82) is 0 Å². The van der Waals surface area contributed by atoms with Crippen molar-refractivity contribution >= 4 is 18.6 Å². The summed E-state index contributed by atoms with van der Waals surface area (Å²) in [6.45, 7) is 3.84. The van der Waals surface area contributed by atoms with E-state index in [-0.39, 0.29) is 5.97 Å². The molecule has 0 aromatic heterocycles. The van der Waals surface area contributed by atoms with Gasteiger partial charge in [0.15, 0.2) is 0 Å². The third-order valence-electron chi connectivity index (χ3n) is 1.95. The smallest absolute Gasteiger partial charge is 0.338 e. The molecule has 0 atom stereocenters. The average molecular weight is 196 g/mol. The van der Waals surface area contributed by atoms with E-state index in [2.05, 4.69) is 17.4 Å². The lowest BCUT2D eigenvalue weighted by Crippen LogP contribution is -2.04. The Morgan fingerprint density at radius 2 is 1.92 bits per heavy atom. The van der Waals surface area contributed by atoms with Crippen molar-refractivity contribution < 1.29 is 9.53 Å². The minimum atomic E-state index is -0.312. The predicted octanol–water partition coefficient (Wildman–Crippen LogP) is 2.38. The summed E-state index contributed by atoms with van der Waals surface area (Å²) >= 11 is 4.24. The lowest BCUT2D eigenvalue weighted by Gasteiger charge is -2.06. The highest BCUT2D eigenvalue weighted by Crippen LogP contribution is 2.19. The number of benzene rings is 1. The van der Waals surface area contributed by atoms with Gasteiger partial charge in [0, 0.05) is 4.90 Å². The van der Waals surface area contributed by atoms with Gasteiger partial charge >= 0.3 is 5.97 Å². The molecule has 13 heavy (non-hydrogen) atoms. The molecule has 0 bridgehead atoms. The molecule has 1 aromatic carbocycles. The summed E-state index contributed by atoms with van der Waals surface area (Å²) < 4.78 is 4.64. The van der Waals surface area contributed by atoms with E-state index in [9.17, 15) is 4.79 Å². The number of thiol groups is 1. The van der Waals surface area contributed by atoms with E-state index in [1.165, 1.54) is 7.11 Å². The highest BCUT2D eigenvalue weighted by atomic mass is 32.1. The summed E-state index contributed by atoms with van der Waals surface area (Å²) in [5, 5.41) is 0. The number of carbonyl (C=O) groups excluding carboxylic acids is 1. The summed E-state index contributed by atoms with van der Waals surface area (Å²) in [5.41, 5.74) is 2.56. The van der Waals surface area contributed by atoms with E-state index in [0.717, 1.165) is 16.0 Å². The first kappa shape index (κ1) is 10.1. The van der Waals surface area contributed by atoms with Crippen LogP contribution in [0.5, 0.6) is 0 Å². The van der Waals surface area contributed by atoms with Crippen LogP contribution in [0.15, 0.2) is 17.0 Å². The number of methoxy groups -OCH3 is 1. The van der Waals surface area contributed by atoms with Crippen LogP contribution in [0.25, 0.3) is 0 Å². The molecular weight excluding hydrogens is 184 g/mol. The first-order valence-corrected chi connectivity index (χ1v) is 4.39. The van der Waals surface area contributed by atoms with Crippen LogP contribution in [0, 0.1) is 13.8 Å². The molecule has 1 aromatic rings. The van der Waals surface area contributed by atoms with E-state index in [1.807, 2.05) is 19.9 Å². The Bertz CT molecular complexity index is 345. The zero-order valence-electron chi connectivity index (χ0n) is 7.92. The molecule has 3 heteroatoms. The van der Waals surface area contributed by atoms with Gasteiger partial charge in [0.1, 0.15) is 0 Å². The van der Waals surface area contributed by atoms with Crippen molar-refractivity contribution in [3.05, 3.63) is 28.8 Å². The van der Waals surface area contributed by atoms with Crippen molar-refractivity contribution in [3.63, 3.8) is 0 Å². The first-order valence-electron chi connectivity index (χ1n) is 3.94. The lowest BCUT2D eigenvalue weighted by atomic mass is 10.1. The summed E-state index contributed by atoms with van der Waals surface area (Å²) in [6, 6.07) is 3.66. The van der Waals surface area contributed by atoms with Crippen LogP contribution in [0.3, 0.4) is 0 Å². The highest BCUT2D eigenvalue weighted by Gasteiger charge is 2.10. The average Bonchev–Trinajstić information content (AvgIpc) is 2.10. The fraction of sp³-hybridized carbons (Fsp3) is 0.300. The third-order valence-corrected chi connectivity index (χ3v) is 2.43. The molecule has 0 aliphatic carbocycles. The Kier molecular flexibility index (Phi) is 2.98. The van der Waals surface area contributed by atoms with Gasteiger partial charge in [-0.1, -0.05) is 6.07 Å². The van der Waals surface area contributed by atoms with Crippen molar-refractivity contribution in [2.75, 3.05) is 7.11 Å². The van der Waals surface area contributed by atoms with Gasteiger partial charge in [0.2, 0.25) is 0 Å². The number of rotatable bonds is 1. The molecule has 0 amide bonds. The summed E-state index contributed by atoms with van der Waals surface area (Å²) in [6.07, 6.45) is 0. The molecule has 0 saturated carbocycles. The maximum atomic E-state index is 11.2. The molecule has 0 N–H and O–H groups in total. The zero-order valence-corrected chi connectivity index (χ0v) is 8.81. The van der Waals surface area contributed by atoms with Gasteiger partial charge in [-0.3, -0.25) is 0 Å². The molecule has 0 aliphatic heterocycles. The van der Waals surface area contributed by atoms with Gasteiger partial charge < -0.3 is 4.74 Å². The largest absolute Gasteiger partial charge is 0.465 e. The van der Waals surface area contributed by atoms with E-state index >= 15 is 0 Å². The van der Waals surface area contributed by atoms with Crippen molar-refractivity contribution in [2.24, 2.45) is 0 Å². The van der Waals surface area contributed by atoms with E-state index in [1.54, 1.807) is 6.07 Å². The molecule has 70 valence electrons. The summed E-state index contributed by atoms with van der Waals surface area (Å²) in [4.78, 5) is 12.1. The number of aryl methyl sites for hydroxylation is 2. The molecule has 1 rings (SSSR count). The van der Waals surface area contributed by atoms with Gasteiger partial charge in [0.05, 0.1) is 12.7 Å². The minimum Gasteiger partial charge on any atom is -0.465 e. The monoisotopic (exact) mass is 196 g/mol. The fourth-order valence-electron chi connectivity index (χ4n) is 1.17. The number of carbonyl (C=O) groups is 1. The Hall–Kier alpha value is -0.960. The lowest BCUT2D eigenvalue weighted by molar-refractivity contribution is 0.0599. The number of esters is 1. The second kappa shape index (κ2) is 3.83. The third kappa shape index (κ3) is 2.04. The van der Waals surface area contributed by atoms with Crippen molar-refractivity contribution in [3.8, 4) is 0 Å². The molecule has 0 heterocycles. The first-order chi connectivity index (χ1) is 6.06. The quantitative estimate of drug-likeness (QED) is 0.551. The van der Waals surface area contributed by atoms with Crippen LogP contribution in [-0.2, 0) is 4.74 Å². The van der Waals surface area contributed by atoms with Gasteiger partial charge in [-0.25, -0.2) is 4.79 Å². The zero-order chi connectivity index (χ0) is 10.0. The predicted molar refractivity (Wildman–Crippen MR) is 54.5 cm³/mol. The van der Waals surface area contributed by atoms with Crippen LogP contribution in [0.2, 0.25) is 0 Å². The van der Waals surface area contributed by atoms with Crippen LogP contribution < -0.4 is 0 Å². The molecule has 0 unspecified atom stereocenters. The Balaban J connectivity index is 3.23. The normalized spacial score (nSPS) is 9.85. The molecule has 0 fully saturated rings. The maximum Gasteiger partial charge on any atom is 0.338 e. The van der Waals surface area contributed by atoms with Crippen molar-refractivity contribution in [1.82, 2.24) is 0 Å². The fourth-order valence-corrected chi connectivity index (χ4v) is 1.36. The molecule has 0 spiro atoms. The van der Waals surface area contributed by atoms with Crippen molar-refractivity contribution in [2.45, 2.75) is 18.7 Å². The second-order valence-corrected chi connectivity index (χ2v) is 3.43. The maximum absolute atomic E-state index is 11.2. The molecule has 0 aliphatic rings. The van der Waals surface area contributed by atoms with E-state index in [0.29, 0.717) is 5.56 Å². The Morgan fingerprint density at radius 3 is 2.46 bits per heavy atom. The standard InChI is InChI=1S/C10H12O2S/c1-6-4-7(2)9(13)5-8(6)10(11)12-3/h4-5,13H,1-3H3. The van der Waals surface area contributed by atoms with E-state index in [4.69, 9.17) is 0 Å². The van der Waals surface area contributed by atoms with Crippen LogP contribution in [0.1, 0.15) is 21.5 Å². The van der Waals surface area contributed by atoms with Gasteiger partial charge in [-0.15, -0.1) is 12.6 Å². The minimum absolute atomic E-state index is 0.312. The summed E-state index contributed by atoms with van der Waals surface area (Å²) in [5.74, 6) is -0.312. The number of hydrogen-bond donors (Lipinski definition) is 1. The Labute approximate surface area is 83.3 Å². The topological polar surface area (TPSA) is 26.3 Å². The number of ether oxygens (including phenoxy) is 1. The SMILES string of the molecule is COC(=O)c1cc(S)c(C)cc1C. The number of hydrogen-bond acceptors (Lipinski definition) is 3. The van der Waals surface area contributed by atoms with E-state index < -0.39 is 0 Å². The van der Waals surface area contributed by atoms with Gasteiger partial charge in [-0.2, -0.15) is 0 Å². The molecular formula is C10H12O2S. The van der Waals surface area contributed by atoms with Crippen LogP contribution >= 0.6 is 12.6 Å². The second-order valence-electron chi connectivity index (χ2n) is 2.95. The summed E-state index contributed by atoms with van der Waals surface area (Å²) in [7, 11) is 1.37. The molecule has 0 saturated heterocycles. The van der Waals surface area contributed by atoms with Crippen LogP contribution in [-0.4, -0.2) is 13.1 Å². The molecule has 0 radical (unpaired) electrons. The Morgan fingerprint density at radius 1 is 1.31 bits per heavy atom. The van der Waals surface area contributed by atoms with Crippen LogP contribution in [0.4, 0.5) is 0 Å². The van der Waals surface area contributed by atoms with Gasteiger partial charge in [-0.05, 0) is 31.0 Å². The molecule has 2 nitrogen and oxygen atoms in total.